The molecule has 228 valence electrons. The van der Waals surface area contributed by atoms with Crippen molar-refractivity contribution in [3.05, 3.63) is 24.5 Å². The van der Waals surface area contributed by atoms with E-state index in [9.17, 15) is 24.0 Å². The molecule has 0 aromatic heterocycles. The first-order valence-electron chi connectivity index (χ1n) is 12.7. The van der Waals surface area contributed by atoms with Crippen molar-refractivity contribution in [2.45, 2.75) is 71.0 Å². The summed E-state index contributed by atoms with van der Waals surface area (Å²) in [7, 11) is 1.21. The van der Waals surface area contributed by atoms with E-state index in [4.69, 9.17) is 47.4 Å². The molecule has 2 fully saturated rings. The summed E-state index contributed by atoms with van der Waals surface area (Å²) >= 11 is 0. The maximum atomic E-state index is 12.5. The summed E-state index contributed by atoms with van der Waals surface area (Å²) in [6, 6.07) is 0. The number of carbonyl (C=O) groups excluding carboxylic acids is 5. The molecular formula is C26H34O15. The average Bonchev–Trinajstić information content (AvgIpc) is 3.44. The summed E-state index contributed by atoms with van der Waals surface area (Å²) in [5, 5.41) is 0. The Morgan fingerprint density at radius 3 is 2.00 bits per heavy atom. The molecule has 0 radical (unpaired) electrons. The highest BCUT2D eigenvalue weighted by atomic mass is 16.8. The van der Waals surface area contributed by atoms with E-state index in [1.807, 2.05) is 0 Å². The van der Waals surface area contributed by atoms with Gasteiger partial charge < -0.3 is 47.4 Å². The number of ether oxygens (including phenoxy) is 10. The van der Waals surface area contributed by atoms with Gasteiger partial charge in [0.05, 0.1) is 44.0 Å². The van der Waals surface area contributed by atoms with Crippen molar-refractivity contribution in [3.63, 3.8) is 0 Å². The third-order valence-corrected chi connectivity index (χ3v) is 6.27. The predicted octanol–water partition coefficient (Wildman–Crippen LogP) is 0.291. The SMILES string of the molecule is C=C[C@@H]1[C@H](O[C@H]2O[C@@H](COC(C)=O)[C@H](OC(C)=O)[C@@H](OC(C)=O)[C@@H]2OC(C)=O)OC=C(C(=O)OC)[C@@H]1C1OCCO1. The van der Waals surface area contributed by atoms with Gasteiger partial charge in [0.15, 0.2) is 24.6 Å². The lowest BCUT2D eigenvalue weighted by Crippen LogP contribution is -2.63. The van der Waals surface area contributed by atoms with Crippen molar-refractivity contribution in [3.8, 4) is 0 Å². The fraction of sp³-hybridized carbons (Fsp3) is 0.654. The third-order valence-electron chi connectivity index (χ3n) is 6.27. The van der Waals surface area contributed by atoms with Gasteiger partial charge >= 0.3 is 29.8 Å². The van der Waals surface area contributed by atoms with Crippen LogP contribution in [0.25, 0.3) is 0 Å². The second-order valence-electron chi connectivity index (χ2n) is 9.22. The quantitative estimate of drug-likeness (QED) is 0.194. The molecule has 3 heterocycles. The molecule has 0 bridgehead atoms. The van der Waals surface area contributed by atoms with E-state index in [2.05, 4.69) is 6.58 Å². The number of hydrogen-bond acceptors (Lipinski definition) is 15. The number of carbonyl (C=O) groups is 5. The maximum Gasteiger partial charge on any atom is 0.337 e. The summed E-state index contributed by atoms with van der Waals surface area (Å²) in [6.45, 7) is 8.44. The molecule has 3 rings (SSSR count). The van der Waals surface area contributed by atoms with Crippen molar-refractivity contribution >= 4 is 29.8 Å². The molecule has 0 aliphatic carbocycles. The predicted molar refractivity (Wildman–Crippen MR) is 131 cm³/mol. The largest absolute Gasteiger partial charge is 0.471 e. The minimum atomic E-state index is -1.53. The average molecular weight is 587 g/mol. The van der Waals surface area contributed by atoms with Crippen molar-refractivity contribution in [2.24, 2.45) is 11.8 Å². The molecule has 0 saturated carbocycles. The molecule has 0 amide bonds. The van der Waals surface area contributed by atoms with E-state index < -0.39 is 91.6 Å². The molecule has 0 aromatic rings. The van der Waals surface area contributed by atoms with Crippen LogP contribution in [0.5, 0.6) is 0 Å². The van der Waals surface area contributed by atoms with Gasteiger partial charge in [0.2, 0.25) is 12.6 Å². The highest BCUT2D eigenvalue weighted by Gasteiger charge is 2.55. The first kappa shape index (κ1) is 32.0. The van der Waals surface area contributed by atoms with Gasteiger partial charge in [0, 0.05) is 27.7 Å². The molecule has 3 aliphatic rings. The zero-order valence-corrected chi connectivity index (χ0v) is 23.3. The molecule has 3 aliphatic heterocycles. The van der Waals surface area contributed by atoms with Crippen LogP contribution < -0.4 is 0 Å². The van der Waals surface area contributed by atoms with Gasteiger partial charge in [-0.3, -0.25) is 19.2 Å². The third kappa shape index (κ3) is 8.03. The lowest BCUT2D eigenvalue weighted by atomic mass is 9.83. The molecule has 0 aromatic carbocycles. The fourth-order valence-corrected chi connectivity index (χ4v) is 4.71. The van der Waals surface area contributed by atoms with Crippen LogP contribution in [0, 0.1) is 11.8 Å². The lowest BCUT2D eigenvalue weighted by Gasteiger charge is -2.46. The van der Waals surface area contributed by atoms with Crippen LogP contribution in [-0.2, 0) is 71.3 Å². The molecule has 0 unspecified atom stereocenters. The lowest BCUT2D eigenvalue weighted by molar-refractivity contribution is -0.343. The van der Waals surface area contributed by atoms with Gasteiger partial charge in [0.1, 0.15) is 12.7 Å². The fourth-order valence-electron chi connectivity index (χ4n) is 4.71. The van der Waals surface area contributed by atoms with E-state index >= 15 is 0 Å². The van der Waals surface area contributed by atoms with Crippen LogP contribution in [0.1, 0.15) is 27.7 Å². The Labute approximate surface area is 235 Å². The van der Waals surface area contributed by atoms with Gasteiger partial charge in [-0.25, -0.2) is 4.79 Å². The first-order chi connectivity index (χ1) is 19.5. The van der Waals surface area contributed by atoms with E-state index in [1.54, 1.807) is 0 Å². The van der Waals surface area contributed by atoms with Gasteiger partial charge in [-0.1, -0.05) is 6.08 Å². The zero-order valence-electron chi connectivity index (χ0n) is 23.3. The van der Waals surface area contributed by atoms with Gasteiger partial charge in [-0.05, 0) is 0 Å². The Balaban J connectivity index is 2.00. The second kappa shape index (κ2) is 14.4. The van der Waals surface area contributed by atoms with Crippen molar-refractivity contribution in [2.75, 3.05) is 26.9 Å². The standard InChI is InChI=1S/C26H34O15/c1-7-16-19(25-33-8-9-34-25)17(23(31)32-6)10-36-24(16)41-26-22(39-15(5)30)21(38-14(4)29)20(37-13(3)28)18(40-26)11-35-12(2)27/h7,10,16,18-22,24-26H,1,8-9,11H2,2-6H3/t16-,18-,19+,20-,21+,22-,24-,26+/m0/s1. The van der Waals surface area contributed by atoms with Crippen LogP contribution in [0.4, 0.5) is 0 Å². The van der Waals surface area contributed by atoms with Gasteiger partial charge in [-0.15, -0.1) is 6.58 Å². The van der Waals surface area contributed by atoms with Crippen LogP contribution >= 0.6 is 0 Å². The van der Waals surface area contributed by atoms with Crippen molar-refractivity contribution < 1.29 is 71.3 Å². The summed E-state index contributed by atoms with van der Waals surface area (Å²) in [4.78, 5) is 60.2. The minimum Gasteiger partial charge on any atom is -0.471 e. The Kier molecular flexibility index (Phi) is 11.2. The highest BCUT2D eigenvalue weighted by Crippen LogP contribution is 2.40. The van der Waals surface area contributed by atoms with E-state index in [1.165, 1.54) is 13.2 Å². The molecular weight excluding hydrogens is 552 g/mol. The summed E-state index contributed by atoms with van der Waals surface area (Å²) in [5.41, 5.74) is 0.102. The van der Waals surface area contributed by atoms with Crippen LogP contribution in [0.3, 0.4) is 0 Å². The Morgan fingerprint density at radius 2 is 1.46 bits per heavy atom. The molecule has 0 N–H and O–H groups in total. The Morgan fingerprint density at radius 1 is 0.878 bits per heavy atom. The topological polar surface area (TPSA) is 178 Å². The van der Waals surface area contributed by atoms with Crippen molar-refractivity contribution in [1.82, 2.24) is 0 Å². The molecule has 2 saturated heterocycles. The number of hydrogen-bond donors (Lipinski definition) is 0. The van der Waals surface area contributed by atoms with Crippen LogP contribution in [0.2, 0.25) is 0 Å². The second-order valence-corrected chi connectivity index (χ2v) is 9.22. The molecule has 41 heavy (non-hydrogen) atoms. The van der Waals surface area contributed by atoms with Crippen LogP contribution in [0.15, 0.2) is 24.5 Å². The van der Waals surface area contributed by atoms with Crippen molar-refractivity contribution in [1.29, 1.82) is 0 Å². The molecule has 8 atom stereocenters. The summed E-state index contributed by atoms with van der Waals surface area (Å²) < 4.78 is 55.4. The smallest absolute Gasteiger partial charge is 0.337 e. The van der Waals surface area contributed by atoms with Gasteiger partial charge in [-0.2, -0.15) is 0 Å². The summed E-state index contributed by atoms with van der Waals surface area (Å²) in [5.74, 6) is -5.31. The summed E-state index contributed by atoms with van der Waals surface area (Å²) in [6.07, 6.45) is -6.54. The highest BCUT2D eigenvalue weighted by molar-refractivity contribution is 5.89. The first-order valence-corrected chi connectivity index (χ1v) is 12.7. The Hall–Kier alpha value is -3.53. The number of methoxy groups -OCH3 is 1. The molecule has 0 spiro atoms. The minimum absolute atomic E-state index is 0.102. The molecule has 15 nitrogen and oxygen atoms in total. The maximum absolute atomic E-state index is 12.5. The van der Waals surface area contributed by atoms with E-state index in [0.717, 1.165) is 34.0 Å². The molecule has 15 heteroatoms. The zero-order chi connectivity index (χ0) is 30.3. The van der Waals surface area contributed by atoms with E-state index in [0.29, 0.717) is 0 Å². The monoisotopic (exact) mass is 586 g/mol. The normalized spacial score (nSPS) is 31.6. The Bertz CT molecular complexity index is 1030. The van der Waals surface area contributed by atoms with Crippen LogP contribution in [-0.4, -0.2) is 100 Å². The number of esters is 5. The number of rotatable bonds is 10. The van der Waals surface area contributed by atoms with E-state index in [-0.39, 0.29) is 18.8 Å². The van der Waals surface area contributed by atoms with Gasteiger partial charge in [0.25, 0.3) is 0 Å².